The number of carbonyl (C=O) groups excluding carboxylic acids is 1. The van der Waals surface area contributed by atoms with Gasteiger partial charge in [0, 0.05) is 36.1 Å². The van der Waals surface area contributed by atoms with Crippen LogP contribution in [0, 0.1) is 22.7 Å². The predicted molar refractivity (Wildman–Crippen MR) is 139 cm³/mol. The van der Waals surface area contributed by atoms with Crippen LogP contribution in [0.15, 0.2) is 29.2 Å². The molecule has 2 aromatic rings. The van der Waals surface area contributed by atoms with Crippen LogP contribution < -0.4 is 5.32 Å². The van der Waals surface area contributed by atoms with Crippen LogP contribution in [0.25, 0.3) is 0 Å². The van der Waals surface area contributed by atoms with Gasteiger partial charge >= 0.3 is 0 Å². The van der Waals surface area contributed by atoms with Gasteiger partial charge in [0.1, 0.15) is 11.1 Å². The summed E-state index contributed by atoms with van der Waals surface area (Å²) in [5.41, 5.74) is 1.90. The van der Waals surface area contributed by atoms with E-state index in [9.17, 15) is 18.5 Å². The highest BCUT2D eigenvalue weighted by Gasteiger charge is 2.33. The second-order valence-corrected chi connectivity index (χ2v) is 13.8. The highest BCUT2D eigenvalue weighted by molar-refractivity contribution is 7.89. The molecule has 1 unspecified atom stereocenters. The Bertz CT molecular complexity index is 1240. The SMILES string of the molecule is CC(C)(C)C1CCc2c(sc(NC(=O)CN3CCN(S(=O)(=O)c4ccc(Cl)cc4)CC3)c2C#N)C1. The summed E-state index contributed by atoms with van der Waals surface area (Å²) in [6.45, 7) is 8.46. The fraction of sp³-hybridized carbons (Fsp3) is 0.520. The molecule has 2 aliphatic rings. The van der Waals surface area contributed by atoms with E-state index in [1.807, 2.05) is 4.90 Å². The third-order valence-electron chi connectivity index (χ3n) is 7.00. The van der Waals surface area contributed by atoms with Crippen LogP contribution >= 0.6 is 22.9 Å². The van der Waals surface area contributed by atoms with E-state index in [1.54, 1.807) is 12.1 Å². The van der Waals surface area contributed by atoms with Crippen LogP contribution in [-0.4, -0.2) is 56.3 Å². The van der Waals surface area contributed by atoms with Crippen molar-refractivity contribution in [3.8, 4) is 6.07 Å². The molecule has 1 aliphatic carbocycles. The zero-order valence-corrected chi connectivity index (χ0v) is 22.7. The molecule has 10 heteroatoms. The first-order valence-corrected chi connectivity index (χ1v) is 14.4. The van der Waals surface area contributed by atoms with Gasteiger partial charge in [0.05, 0.1) is 17.0 Å². The van der Waals surface area contributed by atoms with Gasteiger partial charge < -0.3 is 5.32 Å². The number of thiophene rings is 1. The zero-order chi connectivity index (χ0) is 25.4. The summed E-state index contributed by atoms with van der Waals surface area (Å²) < 4.78 is 27.2. The summed E-state index contributed by atoms with van der Waals surface area (Å²) in [7, 11) is -3.59. The molecule has 35 heavy (non-hydrogen) atoms. The van der Waals surface area contributed by atoms with Crippen LogP contribution in [-0.2, 0) is 27.7 Å². The quantitative estimate of drug-likeness (QED) is 0.614. The Labute approximate surface area is 216 Å². The molecule has 1 aliphatic heterocycles. The highest BCUT2D eigenvalue weighted by Crippen LogP contribution is 2.44. The van der Waals surface area contributed by atoms with Gasteiger partial charge in [-0.05, 0) is 60.4 Å². The largest absolute Gasteiger partial charge is 0.315 e. The number of hydrogen-bond acceptors (Lipinski definition) is 6. The van der Waals surface area contributed by atoms with Gasteiger partial charge in [-0.1, -0.05) is 32.4 Å². The summed E-state index contributed by atoms with van der Waals surface area (Å²) in [6.07, 6.45) is 2.87. The monoisotopic (exact) mass is 534 g/mol. The molecular weight excluding hydrogens is 504 g/mol. The first-order chi connectivity index (χ1) is 16.5. The van der Waals surface area contributed by atoms with E-state index < -0.39 is 10.0 Å². The number of piperazine rings is 1. The smallest absolute Gasteiger partial charge is 0.243 e. The molecule has 0 spiro atoms. The van der Waals surface area contributed by atoms with Crippen LogP contribution in [0.3, 0.4) is 0 Å². The van der Waals surface area contributed by atoms with E-state index in [0.717, 1.165) is 24.8 Å². The molecule has 1 N–H and O–H groups in total. The molecule has 1 saturated heterocycles. The third kappa shape index (κ3) is 5.73. The molecule has 0 saturated carbocycles. The summed E-state index contributed by atoms with van der Waals surface area (Å²) in [6, 6.07) is 8.46. The standard InChI is InChI=1S/C25H31ClN4O3S2/c1-25(2,3)17-4-9-20-21(15-27)24(34-22(20)14-17)28-23(31)16-29-10-12-30(13-11-29)35(32,33)19-7-5-18(26)6-8-19/h5-8,17H,4,9-14,16H2,1-3H3,(H,28,31). The van der Waals surface area contributed by atoms with Crippen molar-refractivity contribution >= 4 is 43.9 Å². The summed E-state index contributed by atoms with van der Waals surface area (Å²) in [5.74, 6) is 0.380. The van der Waals surface area contributed by atoms with Crippen LogP contribution in [0.1, 0.15) is 43.2 Å². The van der Waals surface area contributed by atoms with Crippen molar-refractivity contribution in [2.45, 2.75) is 44.9 Å². The van der Waals surface area contributed by atoms with Crippen molar-refractivity contribution in [1.29, 1.82) is 5.26 Å². The molecule has 2 heterocycles. The second-order valence-electron chi connectivity index (χ2n) is 10.3. The number of fused-ring (bicyclic) bond motifs is 1. The molecule has 1 fully saturated rings. The second kappa shape index (κ2) is 10.2. The molecule has 1 atom stereocenters. The van der Waals surface area contributed by atoms with Crippen LogP contribution in [0.5, 0.6) is 0 Å². The Balaban J connectivity index is 1.35. The maximum Gasteiger partial charge on any atom is 0.243 e. The van der Waals surface area contributed by atoms with Gasteiger partial charge in [0.2, 0.25) is 15.9 Å². The lowest BCUT2D eigenvalue weighted by Gasteiger charge is -2.33. The number of hydrogen-bond donors (Lipinski definition) is 1. The summed E-state index contributed by atoms with van der Waals surface area (Å²) in [5, 5.41) is 13.9. The Hall–Kier alpha value is -1.96. The Morgan fingerprint density at radius 3 is 2.46 bits per heavy atom. The van der Waals surface area contributed by atoms with Gasteiger partial charge in [0.15, 0.2) is 0 Å². The average Bonchev–Trinajstić information content (AvgIpc) is 3.15. The van der Waals surface area contributed by atoms with Crippen molar-refractivity contribution in [1.82, 2.24) is 9.21 Å². The van der Waals surface area contributed by atoms with Crippen molar-refractivity contribution < 1.29 is 13.2 Å². The maximum atomic E-state index is 12.9. The molecule has 0 radical (unpaired) electrons. The number of sulfonamides is 1. The fourth-order valence-corrected chi connectivity index (χ4v) is 7.63. The number of rotatable bonds is 5. The molecule has 188 valence electrons. The number of amides is 1. The molecular formula is C25H31ClN4O3S2. The topological polar surface area (TPSA) is 93.5 Å². The van der Waals surface area contributed by atoms with Crippen molar-refractivity contribution in [2.24, 2.45) is 11.3 Å². The van der Waals surface area contributed by atoms with Gasteiger partial charge in [-0.3, -0.25) is 9.69 Å². The van der Waals surface area contributed by atoms with Crippen molar-refractivity contribution in [3.63, 3.8) is 0 Å². The Kier molecular flexibility index (Phi) is 7.60. The molecule has 7 nitrogen and oxygen atoms in total. The third-order valence-corrected chi connectivity index (χ3v) is 10.3. The van der Waals surface area contributed by atoms with Crippen LogP contribution in [0.4, 0.5) is 5.00 Å². The predicted octanol–water partition coefficient (Wildman–Crippen LogP) is 4.37. The first kappa shape index (κ1) is 26.1. The van der Waals surface area contributed by atoms with Crippen LogP contribution in [0.2, 0.25) is 5.02 Å². The number of anilines is 1. The maximum absolute atomic E-state index is 12.9. The number of halogens is 1. The molecule has 1 aromatic carbocycles. The number of nitrogens with zero attached hydrogens (tertiary/aromatic N) is 3. The minimum Gasteiger partial charge on any atom is -0.315 e. The van der Waals surface area contributed by atoms with Crippen molar-refractivity contribution in [3.05, 3.63) is 45.3 Å². The number of nitrogens with one attached hydrogen (secondary N) is 1. The number of carbonyl (C=O) groups is 1. The lowest BCUT2D eigenvalue weighted by molar-refractivity contribution is -0.117. The summed E-state index contributed by atoms with van der Waals surface area (Å²) in [4.78, 5) is 16.2. The molecule has 1 amide bonds. The van der Waals surface area contributed by atoms with Crippen molar-refractivity contribution in [2.75, 3.05) is 38.0 Å². The van der Waals surface area contributed by atoms with Gasteiger partial charge in [-0.2, -0.15) is 9.57 Å². The fourth-order valence-electron chi connectivity index (χ4n) is 4.78. The minimum atomic E-state index is -3.59. The lowest BCUT2D eigenvalue weighted by atomic mass is 9.72. The van der Waals surface area contributed by atoms with E-state index in [0.29, 0.717) is 47.7 Å². The van der Waals surface area contributed by atoms with E-state index in [2.05, 4.69) is 32.2 Å². The molecule has 0 bridgehead atoms. The van der Waals surface area contributed by atoms with E-state index in [1.165, 1.54) is 32.7 Å². The highest BCUT2D eigenvalue weighted by atomic mass is 35.5. The van der Waals surface area contributed by atoms with Gasteiger partial charge in [-0.25, -0.2) is 8.42 Å². The van der Waals surface area contributed by atoms with E-state index in [-0.39, 0.29) is 22.8 Å². The first-order valence-electron chi connectivity index (χ1n) is 11.8. The minimum absolute atomic E-state index is 0.160. The normalized spacial score (nSPS) is 19.7. The van der Waals surface area contributed by atoms with Gasteiger partial charge in [0.25, 0.3) is 0 Å². The summed E-state index contributed by atoms with van der Waals surface area (Å²) >= 11 is 7.41. The Morgan fingerprint density at radius 2 is 1.86 bits per heavy atom. The molecule has 1 aromatic heterocycles. The lowest BCUT2D eigenvalue weighted by Crippen LogP contribution is -2.50. The molecule has 4 rings (SSSR count). The van der Waals surface area contributed by atoms with E-state index >= 15 is 0 Å². The Morgan fingerprint density at radius 1 is 1.20 bits per heavy atom. The number of nitriles is 1. The van der Waals surface area contributed by atoms with E-state index in [4.69, 9.17) is 11.6 Å². The number of benzene rings is 1. The van der Waals surface area contributed by atoms with Gasteiger partial charge in [-0.15, -0.1) is 11.3 Å². The average molecular weight is 535 g/mol. The zero-order valence-electron chi connectivity index (χ0n) is 20.3.